The Morgan fingerprint density at radius 2 is 2.14 bits per heavy atom. The van der Waals surface area contributed by atoms with Gasteiger partial charge in [-0.3, -0.25) is 4.79 Å². The highest BCUT2D eigenvalue weighted by molar-refractivity contribution is 5.95. The SMILES string of the molecule is Cc1cc(NCc2ccc3c(c2)NC(=O)CO3)ccc1O. The molecule has 0 radical (unpaired) electrons. The number of amides is 1. The van der Waals surface area contributed by atoms with Crippen LogP contribution in [0.2, 0.25) is 0 Å². The first-order chi connectivity index (χ1) is 10.1. The van der Waals surface area contributed by atoms with Crippen molar-refractivity contribution < 1.29 is 14.6 Å². The number of carbonyl (C=O) groups is 1. The maximum atomic E-state index is 11.3. The van der Waals surface area contributed by atoms with E-state index in [-0.39, 0.29) is 18.3 Å². The van der Waals surface area contributed by atoms with Gasteiger partial charge in [0.1, 0.15) is 11.5 Å². The van der Waals surface area contributed by atoms with E-state index in [4.69, 9.17) is 4.74 Å². The lowest BCUT2D eigenvalue weighted by Crippen LogP contribution is -2.25. The quantitative estimate of drug-likeness (QED) is 0.758. The van der Waals surface area contributed by atoms with Gasteiger partial charge in [0, 0.05) is 12.2 Å². The van der Waals surface area contributed by atoms with Crippen molar-refractivity contribution >= 4 is 17.3 Å². The van der Waals surface area contributed by atoms with Gasteiger partial charge in [-0.15, -0.1) is 0 Å². The summed E-state index contributed by atoms with van der Waals surface area (Å²) in [6.07, 6.45) is 0. The van der Waals surface area contributed by atoms with E-state index < -0.39 is 0 Å². The Bertz CT molecular complexity index is 698. The Kier molecular flexibility index (Phi) is 3.39. The molecule has 0 aliphatic carbocycles. The molecular weight excluding hydrogens is 268 g/mol. The lowest BCUT2D eigenvalue weighted by atomic mass is 10.1. The number of phenolic OH excluding ortho intramolecular Hbond substituents is 1. The predicted octanol–water partition coefficient (Wildman–Crippen LogP) is 2.64. The molecule has 2 aromatic rings. The van der Waals surface area contributed by atoms with Crippen LogP contribution in [0.1, 0.15) is 11.1 Å². The van der Waals surface area contributed by atoms with Crippen LogP contribution in [-0.2, 0) is 11.3 Å². The average molecular weight is 284 g/mol. The van der Waals surface area contributed by atoms with Crippen LogP contribution in [0.15, 0.2) is 36.4 Å². The van der Waals surface area contributed by atoms with Crippen LogP contribution in [0, 0.1) is 6.92 Å². The zero-order valence-corrected chi connectivity index (χ0v) is 11.6. The van der Waals surface area contributed by atoms with E-state index >= 15 is 0 Å². The molecule has 2 aromatic carbocycles. The zero-order valence-electron chi connectivity index (χ0n) is 11.6. The topological polar surface area (TPSA) is 70.6 Å². The molecule has 1 aliphatic rings. The Morgan fingerprint density at radius 1 is 1.29 bits per heavy atom. The molecule has 3 rings (SSSR count). The van der Waals surface area contributed by atoms with E-state index in [9.17, 15) is 9.90 Å². The van der Waals surface area contributed by atoms with Crippen molar-refractivity contribution in [3.05, 3.63) is 47.5 Å². The number of anilines is 2. The summed E-state index contributed by atoms with van der Waals surface area (Å²) in [6.45, 7) is 2.54. The van der Waals surface area contributed by atoms with Crippen LogP contribution in [0.25, 0.3) is 0 Å². The van der Waals surface area contributed by atoms with E-state index in [0.29, 0.717) is 18.0 Å². The number of phenols is 1. The van der Waals surface area contributed by atoms with Crippen LogP contribution in [-0.4, -0.2) is 17.6 Å². The number of rotatable bonds is 3. The molecule has 108 valence electrons. The molecule has 5 nitrogen and oxygen atoms in total. The summed E-state index contributed by atoms with van der Waals surface area (Å²) in [6, 6.07) is 11.1. The smallest absolute Gasteiger partial charge is 0.262 e. The van der Waals surface area contributed by atoms with Crippen molar-refractivity contribution in [3.8, 4) is 11.5 Å². The summed E-state index contributed by atoms with van der Waals surface area (Å²) in [4.78, 5) is 11.3. The van der Waals surface area contributed by atoms with Gasteiger partial charge in [-0.25, -0.2) is 0 Å². The number of hydrogen-bond donors (Lipinski definition) is 3. The summed E-state index contributed by atoms with van der Waals surface area (Å²) in [5.41, 5.74) is 3.49. The van der Waals surface area contributed by atoms with Gasteiger partial charge < -0.3 is 20.5 Å². The first-order valence-corrected chi connectivity index (χ1v) is 6.71. The van der Waals surface area contributed by atoms with Crippen molar-refractivity contribution in [2.45, 2.75) is 13.5 Å². The van der Waals surface area contributed by atoms with Crippen molar-refractivity contribution in [3.63, 3.8) is 0 Å². The Morgan fingerprint density at radius 3 is 2.95 bits per heavy atom. The van der Waals surface area contributed by atoms with Crippen molar-refractivity contribution in [2.75, 3.05) is 17.2 Å². The normalized spacial score (nSPS) is 13.1. The fourth-order valence-electron chi connectivity index (χ4n) is 2.21. The van der Waals surface area contributed by atoms with E-state index in [1.54, 1.807) is 6.07 Å². The van der Waals surface area contributed by atoms with Crippen LogP contribution in [0.3, 0.4) is 0 Å². The first-order valence-electron chi connectivity index (χ1n) is 6.71. The number of aromatic hydroxyl groups is 1. The summed E-state index contributed by atoms with van der Waals surface area (Å²) >= 11 is 0. The van der Waals surface area contributed by atoms with E-state index in [1.807, 2.05) is 37.3 Å². The average Bonchev–Trinajstić information content (AvgIpc) is 2.48. The van der Waals surface area contributed by atoms with Crippen molar-refractivity contribution in [1.82, 2.24) is 0 Å². The monoisotopic (exact) mass is 284 g/mol. The fourth-order valence-corrected chi connectivity index (χ4v) is 2.21. The minimum atomic E-state index is -0.137. The third-order valence-corrected chi connectivity index (χ3v) is 3.37. The molecular formula is C16H16N2O3. The predicted molar refractivity (Wildman–Crippen MR) is 80.7 cm³/mol. The number of ether oxygens (including phenoxy) is 1. The van der Waals surface area contributed by atoms with Crippen LogP contribution >= 0.6 is 0 Å². The third-order valence-electron chi connectivity index (χ3n) is 3.37. The molecule has 3 N–H and O–H groups in total. The van der Waals surface area contributed by atoms with Gasteiger partial charge in [0.25, 0.3) is 5.91 Å². The van der Waals surface area contributed by atoms with E-state index in [0.717, 1.165) is 16.8 Å². The standard InChI is InChI=1S/C16H16N2O3/c1-10-6-12(3-4-14(10)19)17-8-11-2-5-15-13(7-11)18-16(20)9-21-15/h2-7,17,19H,8-9H2,1H3,(H,18,20). The second-order valence-corrected chi connectivity index (χ2v) is 5.02. The molecule has 1 heterocycles. The minimum Gasteiger partial charge on any atom is -0.508 e. The number of nitrogens with one attached hydrogen (secondary N) is 2. The Hall–Kier alpha value is -2.69. The highest BCUT2D eigenvalue weighted by Gasteiger charge is 2.15. The van der Waals surface area contributed by atoms with Crippen molar-refractivity contribution in [2.24, 2.45) is 0 Å². The van der Waals surface area contributed by atoms with Gasteiger partial charge in [0.05, 0.1) is 5.69 Å². The second-order valence-electron chi connectivity index (χ2n) is 5.02. The molecule has 21 heavy (non-hydrogen) atoms. The maximum absolute atomic E-state index is 11.3. The third kappa shape index (κ3) is 2.91. The Balaban J connectivity index is 1.72. The number of fused-ring (bicyclic) bond motifs is 1. The molecule has 1 amide bonds. The first kappa shape index (κ1) is 13.3. The van der Waals surface area contributed by atoms with Gasteiger partial charge >= 0.3 is 0 Å². The molecule has 0 bridgehead atoms. The number of hydrogen-bond acceptors (Lipinski definition) is 4. The number of aryl methyl sites for hydroxylation is 1. The Labute approximate surface area is 122 Å². The highest BCUT2D eigenvalue weighted by Crippen LogP contribution is 2.29. The van der Waals surface area contributed by atoms with Gasteiger partial charge in [0.15, 0.2) is 6.61 Å². The van der Waals surface area contributed by atoms with Crippen LogP contribution in [0.5, 0.6) is 11.5 Å². The van der Waals surface area contributed by atoms with E-state index in [1.165, 1.54) is 0 Å². The highest BCUT2D eigenvalue weighted by atomic mass is 16.5. The van der Waals surface area contributed by atoms with E-state index in [2.05, 4.69) is 10.6 Å². The minimum absolute atomic E-state index is 0.0668. The summed E-state index contributed by atoms with van der Waals surface area (Å²) in [5, 5.41) is 15.6. The number of carbonyl (C=O) groups excluding carboxylic acids is 1. The lowest BCUT2D eigenvalue weighted by Gasteiger charge is -2.18. The molecule has 0 spiro atoms. The lowest BCUT2D eigenvalue weighted by molar-refractivity contribution is -0.118. The molecule has 0 unspecified atom stereocenters. The van der Waals surface area contributed by atoms with Crippen LogP contribution in [0.4, 0.5) is 11.4 Å². The molecule has 0 aromatic heterocycles. The number of benzene rings is 2. The molecule has 0 fully saturated rings. The second kappa shape index (κ2) is 5.36. The molecule has 5 heteroatoms. The molecule has 0 atom stereocenters. The van der Waals surface area contributed by atoms with Crippen LogP contribution < -0.4 is 15.4 Å². The molecule has 0 saturated carbocycles. The fraction of sp³-hybridized carbons (Fsp3) is 0.188. The summed E-state index contributed by atoms with van der Waals surface area (Å²) in [5.74, 6) is 0.842. The molecule has 1 aliphatic heterocycles. The zero-order chi connectivity index (χ0) is 14.8. The van der Waals surface area contributed by atoms with Gasteiger partial charge in [-0.05, 0) is 48.4 Å². The van der Waals surface area contributed by atoms with Gasteiger partial charge in [-0.2, -0.15) is 0 Å². The van der Waals surface area contributed by atoms with Crippen molar-refractivity contribution in [1.29, 1.82) is 0 Å². The van der Waals surface area contributed by atoms with Gasteiger partial charge in [-0.1, -0.05) is 6.07 Å². The van der Waals surface area contributed by atoms with Gasteiger partial charge in [0.2, 0.25) is 0 Å². The summed E-state index contributed by atoms with van der Waals surface area (Å²) in [7, 11) is 0. The maximum Gasteiger partial charge on any atom is 0.262 e. The largest absolute Gasteiger partial charge is 0.508 e. The summed E-state index contributed by atoms with van der Waals surface area (Å²) < 4.78 is 5.32. The molecule has 0 saturated heterocycles.